The minimum atomic E-state index is -1.81. The zero-order valence-corrected chi connectivity index (χ0v) is 25.6. The summed E-state index contributed by atoms with van der Waals surface area (Å²) in [5, 5.41) is 58.3. The third-order valence-electron chi connectivity index (χ3n) is 10.00. The first kappa shape index (κ1) is 28.4. The highest BCUT2D eigenvalue weighted by molar-refractivity contribution is 6.19. The Labute approximate surface area is 275 Å². The molecule has 0 saturated carbocycles. The minimum absolute atomic E-state index is 0.117. The molecule has 1 heterocycles. The number of hydrogen-bond donors (Lipinski definition) is 5. The van der Waals surface area contributed by atoms with Crippen molar-refractivity contribution < 1.29 is 30.3 Å². The van der Waals surface area contributed by atoms with Crippen molar-refractivity contribution >= 4 is 43.5 Å². The molecule has 5 N–H and O–H groups in total. The molecule has 0 fully saturated rings. The van der Waals surface area contributed by atoms with Crippen molar-refractivity contribution in [3.8, 4) is 16.9 Å². The van der Waals surface area contributed by atoms with E-state index in [0.717, 1.165) is 61.7 Å². The average molecular weight is 631 g/mol. The number of ether oxygens (including phenoxy) is 1. The number of benzene rings is 6. The third kappa shape index (κ3) is 4.00. The zero-order valence-electron chi connectivity index (χ0n) is 25.6. The van der Waals surface area contributed by atoms with E-state index >= 15 is 0 Å². The predicted octanol–water partition coefficient (Wildman–Crippen LogP) is 8.99. The van der Waals surface area contributed by atoms with E-state index in [0.29, 0.717) is 5.56 Å². The fourth-order valence-electron chi connectivity index (χ4n) is 7.78. The van der Waals surface area contributed by atoms with Crippen LogP contribution in [0.3, 0.4) is 0 Å². The van der Waals surface area contributed by atoms with Crippen molar-refractivity contribution in [3.05, 3.63) is 161 Å². The molecule has 0 spiro atoms. The Morgan fingerprint density at radius 2 is 1.12 bits per heavy atom. The summed E-state index contributed by atoms with van der Waals surface area (Å²) >= 11 is 0. The van der Waals surface area contributed by atoms with Gasteiger partial charge in [-0.1, -0.05) is 115 Å². The summed E-state index contributed by atoms with van der Waals surface area (Å²) in [7, 11) is 0. The molecule has 0 aromatic heterocycles. The van der Waals surface area contributed by atoms with Gasteiger partial charge in [0.15, 0.2) is 11.5 Å². The van der Waals surface area contributed by atoms with Crippen molar-refractivity contribution in [2.24, 2.45) is 0 Å². The third-order valence-corrected chi connectivity index (χ3v) is 10.00. The average Bonchev–Trinajstić information content (AvgIpc) is 3.52. The Hall–Kier alpha value is -5.82. The smallest absolute Gasteiger partial charge is 0.167 e. The number of allylic oxidation sites excluding steroid dienone is 5. The summed E-state index contributed by atoms with van der Waals surface area (Å²) in [5.74, 6) is -0.0649. The number of hydrogen-bond acceptors (Lipinski definition) is 6. The largest absolute Gasteiger partial charge is 0.509 e. The molecule has 0 saturated heterocycles. The first-order chi connectivity index (χ1) is 23.4. The summed E-state index contributed by atoms with van der Waals surface area (Å²) in [6.07, 6.45) is 1.76. The lowest BCUT2D eigenvalue weighted by molar-refractivity contribution is 0.00946. The molecule has 6 aromatic rings. The first-order valence-electron chi connectivity index (χ1n) is 16.0. The number of fused-ring (bicyclic) bond motifs is 7. The molecule has 0 amide bonds. The lowest BCUT2D eigenvalue weighted by Crippen LogP contribution is -2.34. The van der Waals surface area contributed by atoms with Gasteiger partial charge in [-0.15, -0.1) is 0 Å². The van der Waals surface area contributed by atoms with Crippen LogP contribution in [0.4, 0.5) is 0 Å². The molecule has 0 radical (unpaired) electrons. The van der Waals surface area contributed by atoms with Crippen LogP contribution in [-0.4, -0.2) is 37.7 Å². The Kier molecular flexibility index (Phi) is 6.28. The lowest BCUT2D eigenvalue weighted by atomic mass is 9.81. The molecular formula is C42H30O6. The maximum atomic E-state index is 10.6. The van der Waals surface area contributed by atoms with Crippen LogP contribution in [0.25, 0.3) is 54.6 Å². The standard InChI is InChI=1S/C42H30O6/c43-37-34(38(44)40(46)41(47)39(37)45)24-18-16-23(17-19-24)33-26-10-3-5-12-28(26)35(29-13-6-4-11-27(29)33)30-14-7-15-31-36-25-9-2-1-8-22(25)20-21-32(36)48-42(30)31/h1-14,16-21,31,39,41,43-47H,15H2. The van der Waals surface area contributed by atoms with Crippen molar-refractivity contribution in [2.75, 3.05) is 0 Å². The van der Waals surface area contributed by atoms with Gasteiger partial charge in [-0.3, -0.25) is 0 Å². The van der Waals surface area contributed by atoms with Crippen LogP contribution in [-0.2, 0) is 0 Å². The SMILES string of the molecule is OC1=C(O)C(O)C(O)C(O)=C1c1ccc(-c2c3ccccc3c(C3=C4Oc5ccc6ccccc6c5C4CC=C3)c3ccccc23)cc1. The molecule has 48 heavy (non-hydrogen) atoms. The molecule has 9 rings (SSSR count). The Bertz CT molecular complexity index is 2410. The Balaban J connectivity index is 1.24. The second kappa shape index (κ2) is 10.6. The van der Waals surface area contributed by atoms with Gasteiger partial charge in [0.2, 0.25) is 0 Å². The summed E-state index contributed by atoms with van der Waals surface area (Å²) in [4.78, 5) is 0. The summed E-state index contributed by atoms with van der Waals surface area (Å²) < 4.78 is 6.74. The normalized spacial score (nSPS) is 20.5. The van der Waals surface area contributed by atoms with Gasteiger partial charge in [0.25, 0.3) is 0 Å². The molecule has 1 aliphatic heterocycles. The van der Waals surface area contributed by atoms with E-state index in [-0.39, 0.29) is 11.5 Å². The van der Waals surface area contributed by atoms with E-state index in [1.54, 1.807) is 12.1 Å². The van der Waals surface area contributed by atoms with Crippen molar-refractivity contribution in [2.45, 2.75) is 24.5 Å². The summed E-state index contributed by atoms with van der Waals surface area (Å²) in [5.41, 5.74) is 5.62. The van der Waals surface area contributed by atoms with E-state index in [1.165, 1.54) is 16.3 Å². The topological polar surface area (TPSA) is 110 Å². The van der Waals surface area contributed by atoms with Crippen LogP contribution in [0, 0.1) is 0 Å². The molecule has 234 valence electrons. The molecule has 6 nitrogen and oxygen atoms in total. The Morgan fingerprint density at radius 3 is 1.79 bits per heavy atom. The van der Waals surface area contributed by atoms with Gasteiger partial charge in [0, 0.05) is 16.7 Å². The van der Waals surface area contributed by atoms with Crippen LogP contribution in [0.2, 0.25) is 0 Å². The van der Waals surface area contributed by atoms with Gasteiger partial charge >= 0.3 is 0 Å². The second-order valence-electron chi connectivity index (χ2n) is 12.6. The monoisotopic (exact) mass is 630 g/mol. The van der Waals surface area contributed by atoms with E-state index in [9.17, 15) is 25.5 Å². The highest BCUT2D eigenvalue weighted by Crippen LogP contribution is 2.53. The molecule has 3 aliphatic rings. The highest BCUT2D eigenvalue weighted by Gasteiger charge is 2.37. The van der Waals surface area contributed by atoms with E-state index in [1.807, 2.05) is 24.3 Å². The van der Waals surface area contributed by atoms with Gasteiger partial charge in [-0.2, -0.15) is 0 Å². The van der Waals surface area contributed by atoms with E-state index in [4.69, 9.17) is 4.74 Å². The van der Waals surface area contributed by atoms with Crippen LogP contribution < -0.4 is 4.74 Å². The number of rotatable bonds is 3. The van der Waals surface area contributed by atoms with Crippen molar-refractivity contribution in [1.29, 1.82) is 0 Å². The van der Waals surface area contributed by atoms with Crippen molar-refractivity contribution in [3.63, 3.8) is 0 Å². The molecule has 3 unspecified atom stereocenters. The Morgan fingerprint density at radius 1 is 0.562 bits per heavy atom. The highest BCUT2D eigenvalue weighted by atomic mass is 16.5. The lowest BCUT2D eigenvalue weighted by Gasteiger charge is -2.25. The van der Waals surface area contributed by atoms with Gasteiger partial charge in [0.05, 0.1) is 11.5 Å². The van der Waals surface area contributed by atoms with E-state index < -0.39 is 29.5 Å². The van der Waals surface area contributed by atoms with Crippen LogP contribution in [0.5, 0.6) is 5.75 Å². The quantitative estimate of drug-likeness (QED) is 0.125. The molecule has 2 aliphatic carbocycles. The van der Waals surface area contributed by atoms with E-state index in [2.05, 4.69) is 84.9 Å². The summed E-state index contributed by atoms with van der Waals surface area (Å²) in [6, 6.07) is 36.7. The fourth-order valence-corrected chi connectivity index (χ4v) is 7.78. The molecule has 0 bridgehead atoms. The molecule has 6 heteroatoms. The molecule has 6 aromatic carbocycles. The van der Waals surface area contributed by atoms with Crippen LogP contribution in [0.1, 0.15) is 29.0 Å². The first-order valence-corrected chi connectivity index (χ1v) is 16.0. The second-order valence-corrected chi connectivity index (χ2v) is 12.6. The minimum Gasteiger partial charge on any atom is -0.509 e. The van der Waals surface area contributed by atoms with Crippen LogP contribution >= 0.6 is 0 Å². The zero-order chi connectivity index (χ0) is 32.7. The number of aliphatic hydroxyl groups is 5. The van der Waals surface area contributed by atoms with Gasteiger partial charge in [0.1, 0.15) is 29.5 Å². The summed E-state index contributed by atoms with van der Waals surface area (Å²) in [6.45, 7) is 0. The van der Waals surface area contributed by atoms with Gasteiger partial charge in [-0.25, -0.2) is 0 Å². The van der Waals surface area contributed by atoms with Gasteiger partial charge in [-0.05, 0) is 61.5 Å². The number of aliphatic hydroxyl groups excluding tert-OH is 5. The van der Waals surface area contributed by atoms with Crippen molar-refractivity contribution in [1.82, 2.24) is 0 Å². The predicted molar refractivity (Wildman–Crippen MR) is 189 cm³/mol. The maximum Gasteiger partial charge on any atom is 0.167 e. The fraction of sp³-hybridized carbons (Fsp3) is 0.0952. The van der Waals surface area contributed by atoms with Gasteiger partial charge < -0.3 is 30.3 Å². The molecular weight excluding hydrogens is 600 g/mol. The molecule has 3 atom stereocenters. The maximum absolute atomic E-state index is 10.6. The van der Waals surface area contributed by atoms with Crippen LogP contribution in [0.15, 0.2) is 144 Å².